The van der Waals surface area contributed by atoms with Crippen molar-refractivity contribution >= 4 is 23.5 Å². The van der Waals surface area contributed by atoms with Gasteiger partial charge in [-0.3, -0.25) is 9.59 Å². The smallest absolute Gasteiger partial charge is 0.359 e. The quantitative estimate of drug-likeness (QED) is 0.470. The Morgan fingerprint density at radius 3 is 2.37 bits per heavy atom. The van der Waals surface area contributed by atoms with Gasteiger partial charge in [0.15, 0.2) is 11.5 Å². The molecule has 2 aliphatic carbocycles. The summed E-state index contributed by atoms with van der Waals surface area (Å²) >= 11 is 0. The minimum atomic E-state index is -0.853. The number of esters is 1. The summed E-state index contributed by atoms with van der Waals surface area (Å²) in [6, 6.07) is 11.2. The molecular weight excluding hydrogens is 493 g/mol. The van der Waals surface area contributed by atoms with Crippen molar-refractivity contribution < 1.29 is 33.4 Å². The van der Waals surface area contributed by atoms with Crippen molar-refractivity contribution in [2.24, 2.45) is 0 Å². The van der Waals surface area contributed by atoms with Crippen LogP contribution in [0.3, 0.4) is 0 Å². The molecule has 1 aromatic heterocycles. The topological polar surface area (TPSA) is 111 Å². The van der Waals surface area contributed by atoms with Gasteiger partial charge in [-0.15, -0.1) is 0 Å². The van der Waals surface area contributed by atoms with Crippen LogP contribution in [0.5, 0.6) is 5.75 Å². The summed E-state index contributed by atoms with van der Waals surface area (Å²) in [5, 5.41) is 14.1. The van der Waals surface area contributed by atoms with Gasteiger partial charge in [-0.1, -0.05) is 12.1 Å². The molecule has 0 radical (unpaired) electrons. The number of ether oxygens (including phenoxy) is 2. The second-order valence-electron chi connectivity index (χ2n) is 10.1. The third-order valence-corrected chi connectivity index (χ3v) is 7.92. The van der Waals surface area contributed by atoms with E-state index >= 15 is 4.39 Å². The number of hydrogen-bond donors (Lipinski definition) is 1. The van der Waals surface area contributed by atoms with Crippen LogP contribution in [0, 0.1) is 5.82 Å². The van der Waals surface area contributed by atoms with E-state index in [9.17, 15) is 19.5 Å². The molecule has 1 N–H and O–H groups in total. The summed E-state index contributed by atoms with van der Waals surface area (Å²) in [5.41, 5.74) is 0.581. The first-order valence-corrected chi connectivity index (χ1v) is 12.5. The van der Waals surface area contributed by atoms with Gasteiger partial charge in [-0.25, -0.2) is 13.9 Å². The fourth-order valence-electron chi connectivity index (χ4n) is 5.48. The van der Waals surface area contributed by atoms with Gasteiger partial charge in [0.1, 0.15) is 17.1 Å². The maximum absolute atomic E-state index is 15.2. The molecule has 2 heterocycles. The number of aliphatic carboxylic acids is 1. The van der Waals surface area contributed by atoms with Gasteiger partial charge in [-0.05, 0) is 62.4 Å². The molecule has 0 atom stereocenters. The monoisotopic (exact) mass is 519 g/mol. The number of rotatable bonds is 7. The highest BCUT2D eigenvalue weighted by molar-refractivity contribution is 6.10. The van der Waals surface area contributed by atoms with Crippen molar-refractivity contribution in [2.45, 2.75) is 43.4 Å². The zero-order chi connectivity index (χ0) is 26.8. The predicted molar refractivity (Wildman–Crippen MR) is 134 cm³/mol. The fraction of sp³-hybridized carbons (Fsp3) is 0.357. The van der Waals surface area contributed by atoms with Crippen LogP contribution in [0.25, 0.3) is 5.69 Å². The molecule has 2 fully saturated rings. The second kappa shape index (κ2) is 8.41. The summed E-state index contributed by atoms with van der Waals surface area (Å²) in [6.45, 7) is 2.14. The van der Waals surface area contributed by atoms with Crippen LogP contribution >= 0.6 is 0 Å². The molecule has 6 rings (SSSR count). The molecule has 0 bridgehead atoms. The average Bonchev–Trinajstić information content (AvgIpc) is 3.83. The minimum absolute atomic E-state index is 0.0103. The number of carboxylic acid groups (broad SMARTS) is 1. The van der Waals surface area contributed by atoms with Crippen LogP contribution < -0.4 is 9.64 Å². The van der Waals surface area contributed by atoms with E-state index in [0.29, 0.717) is 42.0 Å². The van der Waals surface area contributed by atoms with Crippen molar-refractivity contribution in [3.8, 4) is 11.4 Å². The molecular formula is C28H26FN3O6. The first-order valence-electron chi connectivity index (χ1n) is 12.5. The first kappa shape index (κ1) is 24.1. The fourth-order valence-corrected chi connectivity index (χ4v) is 5.48. The Bertz CT molecular complexity index is 1490. The third kappa shape index (κ3) is 3.50. The van der Waals surface area contributed by atoms with Crippen LogP contribution in [0.15, 0.2) is 42.5 Å². The number of halogens is 1. The van der Waals surface area contributed by atoms with E-state index in [0.717, 1.165) is 12.8 Å². The maximum Gasteiger partial charge on any atom is 0.359 e. The summed E-state index contributed by atoms with van der Waals surface area (Å²) < 4.78 is 26.8. The van der Waals surface area contributed by atoms with Crippen LogP contribution in [-0.2, 0) is 20.4 Å². The molecule has 9 nitrogen and oxygen atoms in total. The molecule has 1 amide bonds. The molecule has 2 aromatic carbocycles. The lowest BCUT2D eigenvalue weighted by Gasteiger charge is -2.33. The van der Waals surface area contributed by atoms with Crippen molar-refractivity contribution in [3.63, 3.8) is 0 Å². The number of fused-ring (bicyclic) bond motifs is 2. The number of carbonyl (C=O) groups excluding carboxylic acids is 2. The highest BCUT2D eigenvalue weighted by Gasteiger charge is 2.57. The number of nitrogens with zero attached hydrogens (tertiary/aromatic N) is 3. The van der Waals surface area contributed by atoms with E-state index in [1.807, 2.05) is 0 Å². The first-order chi connectivity index (χ1) is 18.2. The summed E-state index contributed by atoms with van der Waals surface area (Å²) in [5.74, 6) is -2.29. The molecule has 0 unspecified atom stereocenters. The Hall–Kier alpha value is -4.21. The third-order valence-electron chi connectivity index (χ3n) is 7.92. The Morgan fingerprint density at radius 2 is 1.82 bits per heavy atom. The Labute approximate surface area is 217 Å². The Morgan fingerprint density at radius 1 is 1.11 bits per heavy atom. The van der Waals surface area contributed by atoms with Crippen LogP contribution in [0.2, 0.25) is 0 Å². The Balaban J connectivity index is 1.47. The summed E-state index contributed by atoms with van der Waals surface area (Å²) in [6.07, 6.45) is 2.63. The summed E-state index contributed by atoms with van der Waals surface area (Å²) in [4.78, 5) is 40.3. The van der Waals surface area contributed by atoms with E-state index in [1.54, 1.807) is 42.2 Å². The lowest BCUT2D eigenvalue weighted by molar-refractivity contribution is -0.140. The number of hydrogen-bond acceptors (Lipinski definition) is 6. The SMILES string of the molecule is CCOC(=O)c1nn(-c2ccc(OC)cc2F)c2c1C1(CC1)CN(c1ccc(C3(C(=O)O)CC3)cc1)C2=O. The highest BCUT2D eigenvalue weighted by Crippen LogP contribution is 2.55. The molecule has 0 saturated heterocycles. The Kier molecular flexibility index (Phi) is 5.34. The number of methoxy groups -OCH3 is 1. The molecule has 196 valence electrons. The van der Waals surface area contributed by atoms with E-state index in [4.69, 9.17) is 9.47 Å². The van der Waals surface area contributed by atoms with Crippen molar-refractivity contribution in [3.05, 3.63) is 70.8 Å². The van der Waals surface area contributed by atoms with Crippen molar-refractivity contribution in [2.75, 3.05) is 25.2 Å². The largest absolute Gasteiger partial charge is 0.497 e. The van der Waals surface area contributed by atoms with Crippen LogP contribution in [-0.4, -0.2) is 53.0 Å². The molecule has 10 heteroatoms. The van der Waals surface area contributed by atoms with Gasteiger partial charge in [0.25, 0.3) is 5.91 Å². The lowest BCUT2D eigenvalue weighted by atomic mass is 9.88. The predicted octanol–water partition coefficient (Wildman–Crippen LogP) is 4.00. The van der Waals surface area contributed by atoms with E-state index in [2.05, 4.69) is 5.10 Å². The number of aromatic nitrogens is 2. The molecule has 1 spiro atoms. The number of anilines is 1. The number of benzene rings is 2. The van der Waals surface area contributed by atoms with E-state index in [-0.39, 0.29) is 23.7 Å². The van der Waals surface area contributed by atoms with E-state index in [1.165, 1.54) is 23.9 Å². The van der Waals surface area contributed by atoms with Gasteiger partial charge in [-0.2, -0.15) is 5.10 Å². The number of amides is 1. The molecule has 2 saturated carbocycles. The zero-order valence-electron chi connectivity index (χ0n) is 21.0. The minimum Gasteiger partial charge on any atom is -0.497 e. The highest BCUT2D eigenvalue weighted by atomic mass is 19.1. The standard InChI is InChI=1S/C28H26FN3O6/c1-3-38-25(34)22-21-23(32(30-22)20-9-8-18(37-2)14-19(20)29)24(33)31(15-27(21)10-11-27)17-6-4-16(5-7-17)28(12-13-28)26(35)36/h4-9,14H,3,10-13,15H2,1-2H3,(H,35,36). The zero-order valence-corrected chi connectivity index (χ0v) is 21.0. The maximum atomic E-state index is 15.2. The van der Waals surface area contributed by atoms with Crippen LogP contribution in [0.1, 0.15) is 64.7 Å². The second-order valence-corrected chi connectivity index (χ2v) is 10.1. The molecule has 38 heavy (non-hydrogen) atoms. The molecule has 3 aliphatic rings. The molecule has 3 aromatic rings. The number of carbonyl (C=O) groups is 3. The van der Waals surface area contributed by atoms with Gasteiger partial charge in [0.05, 0.1) is 19.1 Å². The lowest BCUT2D eigenvalue weighted by Crippen LogP contribution is -2.44. The van der Waals surface area contributed by atoms with Gasteiger partial charge in [0.2, 0.25) is 0 Å². The van der Waals surface area contributed by atoms with Gasteiger partial charge >= 0.3 is 11.9 Å². The number of carboxylic acids is 1. The van der Waals surface area contributed by atoms with Crippen molar-refractivity contribution in [1.29, 1.82) is 0 Å². The van der Waals surface area contributed by atoms with Gasteiger partial charge < -0.3 is 19.5 Å². The summed E-state index contributed by atoms with van der Waals surface area (Å²) in [7, 11) is 1.42. The van der Waals surface area contributed by atoms with Crippen molar-refractivity contribution in [1.82, 2.24) is 9.78 Å². The van der Waals surface area contributed by atoms with Crippen LogP contribution in [0.4, 0.5) is 10.1 Å². The van der Waals surface area contributed by atoms with Gasteiger partial charge in [0, 0.05) is 29.3 Å². The molecule has 1 aliphatic heterocycles. The average molecular weight is 520 g/mol. The van der Waals surface area contributed by atoms with E-state index < -0.39 is 34.5 Å². The normalized spacial score (nSPS) is 18.2.